The lowest BCUT2D eigenvalue weighted by atomic mass is 10.0. The van der Waals surface area contributed by atoms with E-state index in [0.29, 0.717) is 0 Å². The van der Waals surface area contributed by atoms with Gasteiger partial charge in [-0.15, -0.1) is 0 Å². The summed E-state index contributed by atoms with van der Waals surface area (Å²) in [5.74, 6) is 2.09. The Morgan fingerprint density at radius 2 is 1.79 bits per heavy atom. The first-order chi connectivity index (χ1) is 14.3. The van der Waals surface area contributed by atoms with Gasteiger partial charge in [-0.05, 0) is 31.4 Å². The second-order valence-corrected chi connectivity index (χ2v) is 8.49. The van der Waals surface area contributed by atoms with Crippen molar-refractivity contribution in [3.8, 4) is 0 Å². The molecule has 3 aliphatic heterocycles. The Hall–Kier alpha value is -2.12. The molecule has 7 heteroatoms. The Kier molecular flexibility index (Phi) is 5.42. The fraction of sp³-hybridized carbons (Fsp3) is 0.636. The standard InChI is InChI=1S/C22H32N6O/c1-25-8-5-6-18(25)16-26-11-7-20-19(17-26)21(27-12-14-29-15-13-27)24-22(23-20)28-9-3-2-4-10-28/h5-6,8H,2-4,7,9-17H2,1H3. The summed E-state index contributed by atoms with van der Waals surface area (Å²) >= 11 is 0. The first-order valence-electron chi connectivity index (χ1n) is 11.1. The molecule has 156 valence electrons. The molecular formula is C22H32N6O. The summed E-state index contributed by atoms with van der Waals surface area (Å²) in [5.41, 5.74) is 3.94. The second-order valence-electron chi connectivity index (χ2n) is 8.49. The first kappa shape index (κ1) is 18.9. The number of rotatable bonds is 4. The molecule has 0 aromatic carbocycles. The van der Waals surface area contributed by atoms with Crippen LogP contribution in [-0.2, 0) is 31.3 Å². The molecule has 29 heavy (non-hydrogen) atoms. The molecule has 0 aliphatic carbocycles. The Bertz CT molecular complexity index is 838. The Labute approximate surface area is 173 Å². The average Bonchev–Trinajstić information content (AvgIpc) is 3.18. The normalized spacial score (nSPS) is 20.7. The Morgan fingerprint density at radius 1 is 0.966 bits per heavy atom. The third kappa shape index (κ3) is 3.98. The molecule has 2 saturated heterocycles. The van der Waals surface area contributed by atoms with Gasteiger partial charge in [-0.2, -0.15) is 4.98 Å². The lowest BCUT2D eigenvalue weighted by Crippen LogP contribution is -2.40. The van der Waals surface area contributed by atoms with Crippen LogP contribution in [0.1, 0.15) is 36.2 Å². The van der Waals surface area contributed by atoms with Crippen LogP contribution in [0, 0.1) is 0 Å². The summed E-state index contributed by atoms with van der Waals surface area (Å²) in [5, 5.41) is 0. The van der Waals surface area contributed by atoms with Crippen LogP contribution in [0.2, 0.25) is 0 Å². The number of nitrogens with zero attached hydrogens (tertiary/aromatic N) is 6. The summed E-state index contributed by atoms with van der Waals surface area (Å²) in [6.07, 6.45) is 6.95. The number of hydrogen-bond donors (Lipinski definition) is 0. The zero-order valence-electron chi connectivity index (χ0n) is 17.5. The van der Waals surface area contributed by atoms with Gasteiger partial charge in [0.15, 0.2) is 0 Å². The maximum absolute atomic E-state index is 5.61. The Morgan fingerprint density at radius 3 is 2.55 bits per heavy atom. The average molecular weight is 397 g/mol. The molecule has 0 bridgehead atoms. The molecule has 3 aliphatic rings. The highest BCUT2D eigenvalue weighted by molar-refractivity contribution is 5.54. The number of fused-ring (bicyclic) bond motifs is 1. The topological polar surface area (TPSA) is 49.7 Å². The van der Waals surface area contributed by atoms with Gasteiger partial charge in [0.05, 0.1) is 18.9 Å². The van der Waals surface area contributed by atoms with E-state index in [1.54, 1.807) is 0 Å². The first-order valence-corrected chi connectivity index (χ1v) is 11.1. The summed E-state index contributed by atoms with van der Waals surface area (Å²) in [4.78, 5) is 17.5. The summed E-state index contributed by atoms with van der Waals surface area (Å²) in [6, 6.07) is 4.34. The van der Waals surface area contributed by atoms with E-state index in [4.69, 9.17) is 14.7 Å². The van der Waals surface area contributed by atoms with Gasteiger partial charge in [-0.3, -0.25) is 4.90 Å². The van der Waals surface area contributed by atoms with Gasteiger partial charge in [0.1, 0.15) is 5.82 Å². The highest BCUT2D eigenvalue weighted by Crippen LogP contribution is 2.31. The summed E-state index contributed by atoms with van der Waals surface area (Å²) in [6.45, 7) is 8.52. The van der Waals surface area contributed by atoms with Crippen molar-refractivity contribution in [2.75, 3.05) is 55.7 Å². The third-order valence-corrected chi connectivity index (χ3v) is 6.49. The third-order valence-electron chi connectivity index (χ3n) is 6.49. The zero-order chi connectivity index (χ0) is 19.6. The lowest BCUT2D eigenvalue weighted by Gasteiger charge is -2.36. The van der Waals surface area contributed by atoms with Gasteiger partial charge in [0, 0.05) is 76.7 Å². The van der Waals surface area contributed by atoms with E-state index in [1.165, 1.54) is 36.2 Å². The minimum atomic E-state index is 0.783. The van der Waals surface area contributed by atoms with Crippen LogP contribution in [-0.4, -0.2) is 65.4 Å². The van der Waals surface area contributed by atoms with E-state index in [9.17, 15) is 0 Å². The molecule has 0 unspecified atom stereocenters. The van der Waals surface area contributed by atoms with Crippen LogP contribution in [0.15, 0.2) is 18.3 Å². The number of anilines is 2. The van der Waals surface area contributed by atoms with Crippen LogP contribution in [0.4, 0.5) is 11.8 Å². The maximum atomic E-state index is 5.61. The highest BCUT2D eigenvalue weighted by Gasteiger charge is 2.28. The van der Waals surface area contributed by atoms with Gasteiger partial charge in [-0.25, -0.2) is 4.98 Å². The molecule has 5 rings (SSSR count). The molecule has 0 radical (unpaired) electrons. The summed E-state index contributed by atoms with van der Waals surface area (Å²) in [7, 11) is 2.13. The van der Waals surface area contributed by atoms with E-state index < -0.39 is 0 Å². The maximum Gasteiger partial charge on any atom is 0.227 e. The molecule has 7 nitrogen and oxygen atoms in total. The number of piperidine rings is 1. The van der Waals surface area contributed by atoms with Crippen LogP contribution in [0.25, 0.3) is 0 Å². The van der Waals surface area contributed by atoms with Crippen molar-refractivity contribution in [2.24, 2.45) is 7.05 Å². The van der Waals surface area contributed by atoms with E-state index in [1.807, 2.05) is 0 Å². The number of aromatic nitrogens is 3. The van der Waals surface area contributed by atoms with E-state index in [2.05, 4.69) is 44.6 Å². The molecule has 2 fully saturated rings. The predicted molar refractivity (Wildman–Crippen MR) is 114 cm³/mol. The molecule has 5 heterocycles. The van der Waals surface area contributed by atoms with Gasteiger partial charge < -0.3 is 19.1 Å². The second kappa shape index (κ2) is 8.32. The lowest BCUT2D eigenvalue weighted by molar-refractivity contribution is 0.122. The van der Waals surface area contributed by atoms with Gasteiger partial charge in [0.25, 0.3) is 0 Å². The van der Waals surface area contributed by atoms with Gasteiger partial charge >= 0.3 is 0 Å². The van der Waals surface area contributed by atoms with Gasteiger partial charge in [0.2, 0.25) is 5.95 Å². The zero-order valence-corrected chi connectivity index (χ0v) is 17.5. The molecule has 0 amide bonds. The fourth-order valence-electron chi connectivity index (χ4n) is 4.74. The quantitative estimate of drug-likeness (QED) is 0.790. The van der Waals surface area contributed by atoms with Crippen molar-refractivity contribution < 1.29 is 4.74 Å². The van der Waals surface area contributed by atoms with Crippen LogP contribution in [0.3, 0.4) is 0 Å². The fourth-order valence-corrected chi connectivity index (χ4v) is 4.74. The molecule has 2 aromatic rings. The van der Waals surface area contributed by atoms with E-state index in [0.717, 1.165) is 77.2 Å². The van der Waals surface area contributed by atoms with Crippen molar-refractivity contribution in [2.45, 2.75) is 38.8 Å². The van der Waals surface area contributed by atoms with Crippen molar-refractivity contribution in [3.63, 3.8) is 0 Å². The molecular weight excluding hydrogens is 364 g/mol. The van der Waals surface area contributed by atoms with Crippen molar-refractivity contribution in [1.29, 1.82) is 0 Å². The van der Waals surface area contributed by atoms with Crippen LogP contribution < -0.4 is 9.80 Å². The monoisotopic (exact) mass is 396 g/mol. The number of morpholine rings is 1. The van der Waals surface area contributed by atoms with Crippen LogP contribution >= 0.6 is 0 Å². The minimum Gasteiger partial charge on any atom is -0.378 e. The largest absolute Gasteiger partial charge is 0.378 e. The minimum absolute atomic E-state index is 0.783. The van der Waals surface area contributed by atoms with Crippen molar-refractivity contribution in [3.05, 3.63) is 35.3 Å². The smallest absolute Gasteiger partial charge is 0.227 e. The van der Waals surface area contributed by atoms with Gasteiger partial charge in [-0.1, -0.05) is 0 Å². The van der Waals surface area contributed by atoms with E-state index in [-0.39, 0.29) is 0 Å². The summed E-state index contributed by atoms with van der Waals surface area (Å²) < 4.78 is 7.82. The van der Waals surface area contributed by atoms with Crippen LogP contribution in [0.5, 0.6) is 0 Å². The SMILES string of the molecule is Cn1cccc1CN1CCc2nc(N3CCCCC3)nc(N3CCOCC3)c2C1. The molecule has 0 saturated carbocycles. The van der Waals surface area contributed by atoms with Crippen molar-refractivity contribution >= 4 is 11.8 Å². The number of ether oxygens (including phenoxy) is 1. The predicted octanol–water partition coefficient (Wildman–Crippen LogP) is 2.20. The van der Waals surface area contributed by atoms with Crippen molar-refractivity contribution in [1.82, 2.24) is 19.4 Å². The molecule has 0 atom stereocenters. The molecule has 2 aromatic heterocycles. The Balaban J connectivity index is 1.45. The number of hydrogen-bond acceptors (Lipinski definition) is 6. The molecule has 0 spiro atoms. The van der Waals surface area contributed by atoms with E-state index >= 15 is 0 Å². The molecule has 0 N–H and O–H groups in total. The highest BCUT2D eigenvalue weighted by atomic mass is 16.5. The number of aryl methyl sites for hydroxylation is 1.